The largest absolute Gasteiger partial charge is 0.494 e. The van der Waals surface area contributed by atoms with E-state index in [1.165, 1.54) is 11.3 Å². The topological polar surface area (TPSA) is 77.0 Å². The molecule has 0 saturated carbocycles. The Morgan fingerprint density at radius 2 is 2.09 bits per heavy atom. The Kier molecular flexibility index (Phi) is 4.58. The highest BCUT2D eigenvalue weighted by molar-refractivity contribution is 7.13. The van der Waals surface area contributed by atoms with Gasteiger partial charge in [-0.15, -0.1) is 11.3 Å². The van der Waals surface area contributed by atoms with Crippen LogP contribution in [-0.2, 0) is 0 Å². The number of ether oxygens (including phenoxy) is 1. The molecule has 7 heteroatoms. The van der Waals surface area contributed by atoms with Gasteiger partial charge in [0.1, 0.15) is 22.1 Å². The first-order valence-corrected chi connectivity index (χ1v) is 7.90. The second-order valence-corrected chi connectivity index (χ2v) is 5.40. The van der Waals surface area contributed by atoms with E-state index in [0.717, 1.165) is 5.75 Å². The van der Waals surface area contributed by atoms with Gasteiger partial charge in [-0.3, -0.25) is 14.8 Å². The van der Waals surface area contributed by atoms with Gasteiger partial charge in [0.05, 0.1) is 12.8 Å². The molecule has 1 aromatic carbocycles. The first-order valence-electron chi connectivity index (χ1n) is 7.02. The number of amides is 1. The maximum atomic E-state index is 12.2. The van der Waals surface area contributed by atoms with E-state index in [9.17, 15) is 4.79 Å². The van der Waals surface area contributed by atoms with E-state index in [0.29, 0.717) is 28.7 Å². The van der Waals surface area contributed by atoms with E-state index in [4.69, 9.17) is 4.74 Å². The predicted molar refractivity (Wildman–Crippen MR) is 88.7 cm³/mol. The molecule has 0 fully saturated rings. The Morgan fingerprint density at radius 3 is 2.78 bits per heavy atom. The SMILES string of the molecule is CCOc1ccc(NC(=O)c2csc(-c3cnccn3)n2)cc1. The van der Waals surface area contributed by atoms with Gasteiger partial charge in [-0.05, 0) is 31.2 Å². The lowest BCUT2D eigenvalue weighted by Gasteiger charge is -2.05. The summed E-state index contributed by atoms with van der Waals surface area (Å²) in [6.07, 6.45) is 4.81. The van der Waals surface area contributed by atoms with Gasteiger partial charge in [-0.1, -0.05) is 0 Å². The fourth-order valence-corrected chi connectivity index (χ4v) is 2.66. The van der Waals surface area contributed by atoms with Gasteiger partial charge in [0.25, 0.3) is 5.91 Å². The minimum absolute atomic E-state index is 0.263. The van der Waals surface area contributed by atoms with Crippen LogP contribution in [0.15, 0.2) is 48.2 Å². The number of aromatic nitrogens is 3. The smallest absolute Gasteiger partial charge is 0.275 e. The van der Waals surface area contributed by atoms with E-state index >= 15 is 0 Å². The first kappa shape index (κ1) is 15.1. The summed E-state index contributed by atoms with van der Waals surface area (Å²) >= 11 is 1.36. The molecule has 2 heterocycles. The average Bonchev–Trinajstić information content (AvgIpc) is 3.08. The Labute approximate surface area is 137 Å². The van der Waals surface area contributed by atoms with Crippen LogP contribution in [0.1, 0.15) is 17.4 Å². The molecule has 0 atom stereocenters. The van der Waals surface area contributed by atoms with Gasteiger partial charge in [0, 0.05) is 23.5 Å². The molecule has 1 N–H and O–H groups in total. The van der Waals surface area contributed by atoms with Gasteiger partial charge in [0.15, 0.2) is 0 Å². The van der Waals surface area contributed by atoms with Crippen molar-refractivity contribution < 1.29 is 9.53 Å². The summed E-state index contributed by atoms with van der Waals surface area (Å²) in [5.74, 6) is 0.504. The van der Waals surface area contributed by atoms with Crippen LogP contribution in [0, 0.1) is 0 Å². The van der Waals surface area contributed by atoms with Crippen LogP contribution < -0.4 is 10.1 Å². The molecule has 2 aromatic heterocycles. The third kappa shape index (κ3) is 3.70. The van der Waals surface area contributed by atoms with Gasteiger partial charge < -0.3 is 10.1 Å². The van der Waals surface area contributed by atoms with E-state index < -0.39 is 0 Å². The summed E-state index contributed by atoms with van der Waals surface area (Å²) in [4.78, 5) is 24.7. The molecule has 3 aromatic rings. The molecule has 0 aliphatic heterocycles. The quantitative estimate of drug-likeness (QED) is 0.779. The van der Waals surface area contributed by atoms with Gasteiger partial charge in [-0.25, -0.2) is 4.98 Å². The predicted octanol–water partition coefficient (Wildman–Crippen LogP) is 3.25. The monoisotopic (exact) mass is 326 g/mol. The molecule has 23 heavy (non-hydrogen) atoms. The number of carbonyl (C=O) groups excluding carboxylic acids is 1. The summed E-state index contributed by atoms with van der Waals surface area (Å²) in [6, 6.07) is 7.20. The van der Waals surface area contributed by atoms with E-state index in [2.05, 4.69) is 20.3 Å². The lowest BCUT2D eigenvalue weighted by atomic mass is 10.3. The lowest BCUT2D eigenvalue weighted by Crippen LogP contribution is -2.12. The summed E-state index contributed by atoms with van der Waals surface area (Å²) in [5.41, 5.74) is 1.69. The third-order valence-electron chi connectivity index (χ3n) is 2.94. The second-order valence-electron chi connectivity index (χ2n) is 4.54. The van der Waals surface area contributed by atoms with Crippen molar-refractivity contribution in [3.8, 4) is 16.5 Å². The second kappa shape index (κ2) is 6.97. The maximum absolute atomic E-state index is 12.2. The Hall–Kier alpha value is -2.80. The van der Waals surface area contributed by atoms with Crippen LogP contribution in [0.2, 0.25) is 0 Å². The van der Waals surface area contributed by atoms with Crippen molar-refractivity contribution in [1.82, 2.24) is 15.0 Å². The van der Waals surface area contributed by atoms with Crippen LogP contribution in [0.3, 0.4) is 0 Å². The number of hydrogen-bond acceptors (Lipinski definition) is 6. The molecule has 0 spiro atoms. The molecule has 0 aliphatic rings. The lowest BCUT2D eigenvalue weighted by molar-refractivity contribution is 0.102. The normalized spacial score (nSPS) is 10.3. The molecule has 0 aliphatic carbocycles. The first-order chi connectivity index (χ1) is 11.3. The van der Waals surface area contributed by atoms with Gasteiger partial charge >= 0.3 is 0 Å². The minimum atomic E-state index is -0.263. The Balaban J connectivity index is 1.70. The van der Waals surface area contributed by atoms with Crippen molar-refractivity contribution in [3.63, 3.8) is 0 Å². The van der Waals surface area contributed by atoms with Crippen molar-refractivity contribution in [1.29, 1.82) is 0 Å². The maximum Gasteiger partial charge on any atom is 0.275 e. The average molecular weight is 326 g/mol. The summed E-state index contributed by atoms with van der Waals surface area (Å²) < 4.78 is 5.37. The van der Waals surface area contributed by atoms with Gasteiger partial charge in [0.2, 0.25) is 0 Å². The van der Waals surface area contributed by atoms with Crippen molar-refractivity contribution in [2.24, 2.45) is 0 Å². The number of thiazole rings is 1. The number of nitrogens with zero attached hydrogens (tertiary/aromatic N) is 3. The Bertz CT molecular complexity index is 787. The molecule has 0 bridgehead atoms. The summed E-state index contributed by atoms with van der Waals surface area (Å²) in [6.45, 7) is 2.53. The van der Waals surface area contributed by atoms with Crippen LogP contribution in [0.25, 0.3) is 10.7 Å². The number of benzene rings is 1. The third-order valence-corrected chi connectivity index (χ3v) is 3.81. The van der Waals surface area contributed by atoms with E-state index in [1.807, 2.05) is 19.1 Å². The van der Waals surface area contributed by atoms with Crippen molar-refractivity contribution in [3.05, 3.63) is 53.9 Å². The number of nitrogens with one attached hydrogen (secondary N) is 1. The highest BCUT2D eigenvalue weighted by atomic mass is 32.1. The standard InChI is InChI=1S/C16H14N4O2S/c1-2-22-12-5-3-11(4-6-12)19-15(21)14-10-23-16(20-14)13-9-17-7-8-18-13/h3-10H,2H2,1H3,(H,19,21). The van der Waals surface area contributed by atoms with Crippen LogP contribution in [-0.4, -0.2) is 27.5 Å². The molecule has 3 rings (SSSR count). The van der Waals surface area contributed by atoms with Crippen LogP contribution in [0.4, 0.5) is 5.69 Å². The van der Waals surface area contributed by atoms with Crippen molar-refractivity contribution in [2.45, 2.75) is 6.92 Å². The van der Waals surface area contributed by atoms with Crippen molar-refractivity contribution >= 4 is 22.9 Å². The molecule has 116 valence electrons. The summed E-state index contributed by atoms with van der Waals surface area (Å²) in [7, 11) is 0. The van der Waals surface area contributed by atoms with Crippen LogP contribution in [0.5, 0.6) is 5.75 Å². The molecule has 0 radical (unpaired) electrons. The fourth-order valence-electron chi connectivity index (χ4n) is 1.90. The van der Waals surface area contributed by atoms with Gasteiger partial charge in [-0.2, -0.15) is 0 Å². The fraction of sp³-hybridized carbons (Fsp3) is 0.125. The zero-order chi connectivity index (χ0) is 16.1. The number of hydrogen-bond donors (Lipinski definition) is 1. The van der Waals surface area contributed by atoms with E-state index in [-0.39, 0.29) is 5.91 Å². The number of rotatable bonds is 5. The minimum Gasteiger partial charge on any atom is -0.494 e. The van der Waals surface area contributed by atoms with E-state index in [1.54, 1.807) is 36.1 Å². The van der Waals surface area contributed by atoms with Crippen molar-refractivity contribution in [2.75, 3.05) is 11.9 Å². The van der Waals surface area contributed by atoms with Crippen LogP contribution >= 0.6 is 11.3 Å². The molecule has 6 nitrogen and oxygen atoms in total. The molecular weight excluding hydrogens is 312 g/mol. The summed E-state index contributed by atoms with van der Waals surface area (Å²) in [5, 5.41) is 5.17. The zero-order valence-electron chi connectivity index (χ0n) is 12.4. The Morgan fingerprint density at radius 1 is 1.26 bits per heavy atom. The molecule has 1 amide bonds. The highest BCUT2D eigenvalue weighted by Gasteiger charge is 2.13. The molecule has 0 saturated heterocycles. The number of carbonyl (C=O) groups is 1. The highest BCUT2D eigenvalue weighted by Crippen LogP contribution is 2.22. The number of anilines is 1. The zero-order valence-corrected chi connectivity index (χ0v) is 13.2. The molecule has 0 unspecified atom stereocenters. The molecular formula is C16H14N4O2S.